The van der Waals surface area contributed by atoms with E-state index in [-0.39, 0.29) is 0 Å². The summed E-state index contributed by atoms with van der Waals surface area (Å²) in [5.41, 5.74) is 0.507. The molecular formula is C18H34N2. The highest BCUT2D eigenvalue weighted by atomic mass is 15.1. The number of piperidine rings is 1. The van der Waals surface area contributed by atoms with E-state index in [2.05, 4.69) is 31.0 Å². The van der Waals surface area contributed by atoms with E-state index in [1.54, 1.807) is 0 Å². The standard InChI is InChI=1S/C18H34N2/c1-18(2,3)16-8-11-20(12-9-16)13-10-19-17(14-4-5-14)15-6-7-15/h14-17,19H,4-13H2,1-3H3. The van der Waals surface area contributed by atoms with Crippen LogP contribution in [0.15, 0.2) is 0 Å². The molecule has 2 heteroatoms. The minimum atomic E-state index is 0.507. The third-order valence-corrected chi connectivity index (χ3v) is 5.88. The molecule has 0 aromatic rings. The number of nitrogens with one attached hydrogen (secondary N) is 1. The molecule has 1 heterocycles. The first-order valence-corrected chi connectivity index (χ1v) is 9.00. The van der Waals surface area contributed by atoms with Gasteiger partial charge in [-0.1, -0.05) is 20.8 Å². The van der Waals surface area contributed by atoms with Gasteiger partial charge in [0.15, 0.2) is 0 Å². The van der Waals surface area contributed by atoms with Gasteiger partial charge in [-0.25, -0.2) is 0 Å². The van der Waals surface area contributed by atoms with Crippen molar-refractivity contribution in [3.05, 3.63) is 0 Å². The second kappa shape index (κ2) is 5.96. The summed E-state index contributed by atoms with van der Waals surface area (Å²) in [5, 5.41) is 3.89. The Labute approximate surface area is 125 Å². The van der Waals surface area contributed by atoms with Crippen molar-refractivity contribution in [1.29, 1.82) is 0 Å². The number of hydrogen-bond donors (Lipinski definition) is 1. The Morgan fingerprint density at radius 2 is 1.50 bits per heavy atom. The van der Waals surface area contributed by atoms with Gasteiger partial charge >= 0.3 is 0 Å². The molecule has 2 saturated carbocycles. The van der Waals surface area contributed by atoms with Crippen LogP contribution in [0.3, 0.4) is 0 Å². The Morgan fingerprint density at radius 1 is 0.950 bits per heavy atom. The molecule has 3 rings (SSSR count). The molecule has 20 heavy (non-hydrogen) atoms. The third kappa shape index (κ3) is 3.98. The van der Waals surface area contributed by atoms with Crippen LogP contribution in [0.25, 0.3) is 0 Å². The summed E-state index contributed by atoms with van der Waals surface area (Å²) < 4.78 is 0. The average molecular weight is 278 g/mol. The first-order chi connectivity index (χ1) is 9.54. The summed E-state index contributed by atoms with van der Waals surface area (Å²) in [6, 6.07) is 0.877. The minimum Gasteiger partial charge on any atom is -0.312 e. The molecule has 1 aliphatic heterocycles. The van der Waals surface area contributed by atoms with E-state index in [1.165, 1.54) is 64.7 Å². The van der Waals surface area contributed by atoms with E-state index < -0.39 is 0 Å². The summed E-state index contributed by atoms with van der Waals surface area (Å²) in [6.45, 7) is 12.4. The van der Waals surface area contributed by atoms with Gasteiger partial charge in [-0.2, -0.15) is 0 Å². The Kier molecular flexibility index (Phi) is 4.42. The van der Waals surface area contributed by atoms with Crippen LogP contribution in [0.1, 0.15) is 59.3 Å². The predicted molar refractivity (Wildman–Crippen MR) is 85.9 cm³/mol. The molecule has 3 aliphatic rings. The summed E-state index contributed by atoms with van der Waals surface area (Å²) in [7, 11) is 0. The van der Waals surface area contributed by atoms with Gasteiger partial charge in [-0.3, -0.25) is 0 Å². The van der Waals surface area contributed by atoms with Crippen molar-refractivity contribution >= 4 is 0 Å². The average Bonchev–Trinajstić information content (AvgIpc) is 3.27. The molecule has 0 atom stereocenters. The van der Waals surface area contributed by atoms with E-state index >= 15 is 0 Å². The molecule has 116 valence electrons. The Morgan fingerprint density at radius 3 is 1.95 bits per heavy atom. The maximum atomic E-state index is 3.89. The summed E-state index contributed by atoms with van der Waals surface area (Å²) in [6.07, 6.45) is 8.77. The van der Waals surface area contributed by atoms with Crippen LogP contribution in [-0.4, -0.2) is 37.1 Å². The zero-order chi connectivity index (χ0) is 14.2. The molecular weight excluding hydrogens is 244 g/mol. The Bertz CT molecular complexity index is 292. The molecule has 1 N–H and O–H groups in total. The highest BCUT2D eigenvalue weighted by Gasteiger charge is 2.41. The smallest absolute Gasteiger partial charge is 0.0124 e. The zero-order valence-corrected chi connectivity index (χ0v) is 13.8. The van der Waals surface area contributed by atoms with Crippen LogP contribution in [-0.2, 0) is 0 Å². The molecule has 0 spiro atoms. The van der Waals surface area contributed by atoms with Crippen LogP contribution in [0.2, 0.25) is 0 Å². The number of rotatable bonds is 6. The topological polar surface area (TPSA) is 15.3 Å². The lowest BCUT2D eigenvalue weighted by atomic mass is 9.75. The van der Waals surface area contributed by atoms with Crippen molar-refractivity contribution in [3.8, 4) is 0 Å². The van der Waals surface area contributed by atoms with Gasteiger partial charge in [-0.15, -0.1) is 0 Å². The SMILES string of the molecule is CC(C)(C)C1CCN(CCNC(C2CC2)C2CC2)CC1. The highest BCUT2D eigenvalue weighted by molar-refractivity contribution is 4.96. The van der Waals surface area contributed by atoms with Crippen LogP contribution >= 0.6 is 0 Å². The normalized spacial score (nSPS) is 26.4. The molecule has 2 nitrogen and oxygen atoms in total. The quantitative estimate of drug-likeness (QED) is 0.799. The maximum absolute atomic E-state index is 3.89. The Balaban J connectivity index is 1.33. The lowest BCUT2D eigenvalue weighted by Gasteiger charge is -2.39. The number of hydrogen-bond acceptors (Lipinski definition) is 2. The zero-order valence-electron chi connectivity index (χ0n) is 13.8. The van der Waals surface area contributed by atoms with Gasteiger partial charge in [-0.05, 0) is 74.8 Å². The second-order valence-electron chi connectivity index (χ2n) is 8.64. The highest BCUT2D eigenvalue weighted by Crippen LogP contribution is 2.44. The van der Waals surface area contributed by atoms with Gasteiger partial charge in [0.25, 0.3) is 0 Å². The fourth-order valence-corrected chi connectivity index (χ4v) is 4.04. The molecule has 0 bridgehead atoms. The fourth-order valence-electron chi connectivity index (χ4n) is 4.04. The summed E-state index contributed by atoms with van der Waals surface area (Å²) in [5.74, 6) is 3.00. The molecule has 2 aliphatic carbocycles. The molecule has 0 unspecified atom stereocenters. The van der Waals surface area contributed by atoms with Gasteiger partial charge in [0, 0.05) is 19.1 Å². The number of nitrogens with zero attached hydrogens (tertiary/aromatic N) is 1. The Hall–Kier alpha value is -0.0800. The second-order valence-corrected chi connectivity index (χ2v) is 8.64. The van der Waals surface area contributed by atoms with Crippen molar-refractivity contribution in [3.63, 3.8) is 0 Å². The minimum absolute atomic E-state index is 0.507. The van der Waals surface area contributed by atoms with Gasteiger partial charge < -0.3 is 10.2 Å². The van der Waals surface area contributed by atoms with Gasteiger partial charge in [0.1, 0.15) is 0 Å². The first-order valence-electron chi connectivity index (χ1n) is 9.00. The molecule has 0 aromatic heterocycles. The molecule has 0 radical (unpaired) electrons. The largest absolute Gasteiger partial charge is 0.312 e. The predicted octanol–water partition coefficient (Wildman–Crippen LogP) is 3.52. The number of likely N-dealkylation sites (tertiary alicyclic amines) is 1. The van der Waals surface area contributed by atoms with Crippen molar-refractivity contribution < 1.29 is 0 Å². The molecule has 3 fully saturated rings. The molecule has 0 aromatic carbocycles. The monoisotopic (exact) mass is 278 g/mol. The van der Waals surface area contributed by atoms with Crippen molar-refractivity contribution in [2.75, 3.05) is 26.2 Å². The van der Waals surface area contributed by atoms with E-state index in [4.69, 9.17) is 0 Å². The van der Waals surface area contributed by atoms with E-state index in [0.717, 1.165) is 23.8 Å². The summed E-state index contributed by atoms with van der Waals surface area (Å²) >= 11 is 0. The van der Waals surface area contributed by atoms with Crippen LogP contribution in [0.5, 0.6) is 0 Å². The van der Waals surface area contributed by atoms with E-state index in [0.29, 0.717) is 5.41 Å². The fraction of sp³-hybridized carbons (Fsp3) is 1.00. The molecule has 1 saturated heterocycles. The van der Waals surface area contributed by atoms with Crippen molar-refractivity contribution in [2.45, 2.75) is 65.3 Å². The molecule has 0 amide bonds. The first kappa shape index (κ1) is 14.8. The third-order valence-electron chi connectivity index (χ3n) is 5.88. The maximum Gasteiger partial charge on any atom is 0.0124 e. The van der Waals surface area contributed by atoms with Crippen molar-refractivity contribution in [2.24, 2.45) is 23.2 Å². The van der Waals surface area contributed by atoms with Crippen LogP contribution < -0.4 is 5.32 Å². The lowest BCUT2D eigenvalue weighted by molar-refractivity contribution is 0.112. The van der Waals surface area contributed by atoms with Crippen LogP contribution in [0, 0.1) is 23.2 Å². The van der Waals surface area contributed by atoms with Crippen molar-refractivity contribution in [1.82, 2.24) is 10.2 Å². The lowest BCUT2D eigenvalue weighted by Crippen LogP contribution is -2.43. The summed E-state index contributed by atoms with van der Waals surface area (Å²) in [4.78, 5) is 2.69. The van der Waals surface area contributed by atoms with Gasteiger partial charge in [0.2, 0.25) is 0 Å². The van der Waals surface area contributed by atoms with E-state index in [1.807, 2.05) is 0 Å². The van der Waals surface area contributed by atoms with Crippen LogP contribution in [0.4, 0.5) is 0 Å². The van der Waals surface area contributed by atoms with E-state index in [9.17, 15) is 0 Å². The van der Waals surface area contributed by atoms with Gasteiger partial charge in [0.05, 0.1) is 0 Å².